The summed E-state index contributed by atoms with van der Waals surface area (Å²) in [4.78, 5) is 18.6. The Morgan fingerprint density at radius 3 is 3.12 bits per heavy atom. The Bertz CT molecular complexity index is 524. The summed E-state index contributed by atoms with van der Waals surface area (Å²) < 4.78 is 10.3. The second-order valence-electron chi connectivity index (χ2n) is 2.70. The van der Waals surface area contributed by atoms with E-state index in [4.69, 9.17) is 4.74 Å². The molecule has 0 aliphatic heterocycles. The van der Waals surface area contributed by atoms with Crippen LogP contribution >= 0.6 is 0 Å². The Labute approximate surface area is 89.5 Å². The topological polar surface area (TPSA) is 98.8 Å². The van der Waals surface area contributed by atoms with Crippen LogP contribution in [0.2, 0.25) is 0 Å². The molecule has 0 amide bonds. The van der Waals surface area contributed by atoms with E-state index in [0.29, 0.717) is 0 Å². The standard InChI is InChI=1S/C8H8N4O4/c1-2-15-8(14)16-5-3-9-7-10-4-11-12(7)6(5)13/h3-4,13H,2H2,1H3. The quantitative estimate of drug-likeness (QED) is 0.735. The van der Waals surface area contributed by atoms with Crippen LogP contribution < -0.4 is 4.74 Å². The molecule has 2 aromatic rings. The maximum atomic E-state index is 11.0. The van der Waals surface area contributed by atoms with Crippen LogP contribution in [0.15, 0.2) is 12.5 Å². The van der Waals surface area contributed by atoms with Crippen molar-refractivity contribution in [2.75, 3.05) is 6.61 Å². The highest BCUT2D eigenvalue weighted by Gasteiger charge is 2.14. The molecular formula is C8H8N4O4. The van der Waals surface area contributed by atoms with Crippen LogP contribution in [-0.4, -0.2) is 37.5 Å². The predicted octanol–water partition coefficient (Wildman–Crippen LogP) is 0.365. The number of hydrogen-bond donors (Lipinski definition) is 1. The van der Waals surface area contributed by atoms with Crippen molar-refractivity contribution in [2.45, 2.75) is 6.92 Å². The molecule has 2 rings (SSSR count). The predicted molar refractivity (Wildman–Crippen MR) is 50.1 cm³/mol. The fourth-order valence-corrected chi connectivity index (χ4v) is 1.06. The Kier molecular flexibility index (Phi) is 2.54. The van der Waals surface area contributed by atoms with Gasteiger partial charge in [-0.15, -0.1) is 0 Å². The first-order valence-electron chi connectivity index (χ1n) is 4.44. The van der Waals surface area contributed by atoms with Gasteiger partial charge < -0.3 is 14.6 Å². The molecule has 84 valence electrons. The number of hydrogen-bond acceptors (Lipinski definition) is 7. The molecule has 8 heteroatoms. The smallest absolute Gasteiger partial charge is 0.490 e. The summed E-state index contributed by atoms with van der Waals surface area (Å²) in [5, 5.41) is 13.3. The fraction of sp³-hybridized carbons (Fsp3) is 0.250. The average molecular weight is 224 g/mol. The van der Waals surface area contributed by atoms with Crippen LogP contribution in [0.25, 0.3) is 5.78 Å². The molecule has 0 aromatic carbocycles. The number of nitrogens with zero attached hydrogens (tertiary/aromatic N) is 4. The van der Waals surface area contributed by atoms with Gasteiger partial charge >= 0.3 is 6.16 Å². The minimum atomic E-state index is -0.918. The number of carbonyl (C=O) groups is 1. The second-order valence-corrected chi connectivity index (χ2v) is 2.70. The van der Waals surface area contributed by atoms with Gasteiger partial charge in [-0.1, -0.05) is 0 Å². The molecule has 0 atom stereocenters. The summed E-state index contributed by atoms with van der Waals surface area (Å²) in [7, 11) is 0. The number of rotatable bonds is 2. The molecule has 0 aliphatic rings. The Morgan fingerprint density at radius 2 is 2.38 bits per heavy atom. The van der Waals surface area contributed by atoms with Crippen molar-refractivity contribution in [3.63, 3.8) is 0 Å². The normalized spacial score (nSPS) is 10.3. The molecule has 0 saturated carbocycles. The van der Waals surface area contributed by atoms with Gasteiger partial charge in [0.1, 0.15) is 6.33 Å². The first-order valence-corrected chi connectivity index (χ1v) is 4.44. The monoisotopic (exact) mass is 224 g/mol. The minimum Gasteiger partial charge on any atom is -0.490 e. The molecule has 0 unspecified atom stereocenters. The maximum Gasteiger partial charge on any atom is 0.514 e. The SMILES string of the molecule is CCOC(=O)Oc1cnc2ncnn2c1O. The summed E-state index contributed by atoms with van der Waals surface area (Å²) in [5.74, 6) is -0.305. The van der Waals surface area contributed by atoms with E-state index in [2.05, 4.69) is 19.8 Å². The van der Waals surface area contributed by atoms with Gasteiger partial charge in [0.25, 0.3) is 11.7 Å². The number of carbonyl (C=O) groups excluding carboxylic acids is 1. The summed E-state index contributed by atoms with van der Waals surface area (Å²) in [5.41, 5.74) is 0. The molecule has 2 heterocycles. The number of ether oxygens (including phenoxy) is 2. The molecular weight excluding hydrogens is 216 g/mol. The number of aromatic hydroxyl groups is 1. The Balaban J connectivity index is 2.30. The van der Waals surface area contributed by atoms with Gasteiger partial charge in [0, 0.05) is 0 Å². The lowest BCUT2D eigenvalue weighted by Gasteiger charge is -2.05. The van der Waals surface area contributed by atoms with Gasteiger partial charge in [0.2, 0.25) is 5.75 Å². The molecule has 0 spiro atoms. The zero-order valence-electron chi connectivity index (χ0n) is 8.32. The van der Waals surface area contributed by atoms with Gasteiger partial charge in [-0.05, 0) is 6.92 Å². The summed E-state index contributed by atoms with van der Waals surface area (Å²) in [6.07, 6.45) is 1.46. The van der Waals surface area contributed by atoms with Crippen molar-refractivity contribution in [1.29, 1.82) is 0 Å². The van der Waals surface area contributed by atoms with Crippen molar-refractivity contribution in [1.82, 2.24) is 19.6 Å². The van der Waals surface area contributed by atoms with Crippen LogP contribution in [-0.2, 0) is 4.74 Å². The highest BCUT2D eigenvalue weighted by molar-refractivity contribution is 5.64. The maximum absolute atomic E-state index is 11.0. The summed E-state index contributed by atoms with van der Waals surface area (Å²) in [6.45, 7) is 1.82. The van der Waals surface area contributed by atoms with Crippen molar-refractivity contribution in [3.05, 3.63) is 12.5 Å². The Hall–Kier alpha value is -2.38. The molecule has 1 N–H and O–H groups in total. The summed E-state index contributed by atoms with van der Waals surface area (Å²) in [6, 6.07) is 0. The molecule has 0 bridgehead atoms. The number of aromatic nitrogens is 4. The van der Waals surface area contributed by atoms with Gasteiger partial charge in [-0.2, -0.15) is 14.6 Å². The van der Waals surface area contributed by atoms with Gasteiger partial charge in [-0.3, -0.25) is 0 Å². The van der Waals surface area contributed by atoms with Crippen molar-refractivity contribution >= 4 is 11.9 Å². The van der Waals surface area contributed by atoms with Crippen molar-refractivity contribution < 1.29 is 19.4 Å². The van der Waals surface area contributed by atoms with E-state index in [1.165, 1.54) is 6.33 Å². The highest BCUT2D eigenvalue weighted by Crippen LogP contribution is 2.24. The van der Waals surface area contributed by atoms with E-state index in [1.807, 2.05) is 0 Å². The van der Waals surface area contributed by atoms with E-state index < -0.39 is 6.16 Å². The third kappa shape index (κ3) is 1.72. The molecule has 0 aliphatic carbocycles. The van der Waals surface area contributed by atoms with Crippen molar-refractivity contribution in [2.24, 2.45) is 0 Å². The zero-order chi connectivity index (χ0) is 11.5. The average Bonchev–Trinajstić information content (AvgIpc) is 2.71. The number of fused-ring (bicyclic) bond motifs is 1. The van der Waals surface area contributed by atoms with Gasteiger partial charge in [-0.25, -0.2) is 9.78 Å². The molecule has 0 radical (unpaired) electrons. The lowest BCUT2D eigenvalue weighted by molar-refractivity contribution is 0.102. The molecule has 2 aromatic heterocycles. The molecule has 8 nitrogen and oxygen atoms in total. The van der Waals surface area contributed by atoms with Crippen LogP contribution in [0.3, 0.4) is 0 Å². The third-order valence-corrected chi connectivity index (χ3v) is 1.70. The summed E-state index contributed by atoms with van der Waals surface area (Å²) >= 11 is 0. The second kappa shape index (κ2) is 4.01. The fourth-order valence-electron chi connectivity index (χ4n) is 1.06. The van der Waals surface area contributed by atoms with Crippen LogP contribution in [0.5, 0.6) is 11.6 Å². The van der Waals surface area contributed by atoms with E-state index in [9.17, 15) is 9.90 Å². The van der Waals surface area contributed by atoms with Crippen LogP contribution in [0, 0.1) is 0 Å². The van der Waals surface area contributed by atoms with E-state index in [1.54, 1.807) is 6.92 Å². The molecule has 0 saturated heterocycles. The Morgan fingerprint density at radius 1 is 1.56 bits per heavy atom. The third-order valence-electron chi connectivity index (χ3n) is 1.70. The highest BCUT2D eigenvalue weighted by atomic mass is 16.7. The van der Waals surface area contributed by atoms with Crippen LogP contribution in [0.4, 0.5) is 4.79 Å². The van der Waals surface area contributed by atoms with E-state index in [-0.39, 0.29) is 24.0 Å². The van der Waals surface area contributed by atoms with Gasteiger partial charge in [0.15, 0.2) is 0 Å². The lowest BCUT2D eigenvalue weighted by atomic mass is 10.6. The van der Waals surface area contributed by atoms with E-state index >= 15 is 0 Å². The van der Waals surface area contributed by atoms with Crippen LogP contribution in [0.1, 0.15) is 6.92 Å². The molecule has 0 fully saturated rings. The first-order chi connectivity index (χ1) is 7.72. The lowest BCUT2D eigenvalue weighted by Crippen LogP contribution is -2.11. The largest absolute Gasteiger partial charge is 0.514 e. The van der Waals surface area contributed by atoms with Gasteiger partial charge in [0.05, 0.1) is 12.8 Å². The van der Waals surface area contributed by atoms with Crippen molar-refractivity contribution in [3.8, 4) is 11.6 Å². The molecule has 16 heavy (non-hydrogen) atoms. The first kappa shape index (κ1) is 10.1. The van der Waals surface area contributed by atoms with E-state index in [0.717, 1.165) is 10.7 Å². The zero-order valence-corrected chi connectivity index (χ0v) is 8.32. The minimum absolute atomic E-state index is 0.142.